The van der Waals surface area contributed by atoms with Gasteiger partial charge in [0.15, 0.2) is 6.61 Å². The Morgan fingerprint density at radius 1 is 1.40 bits per heavy atom. The molecule has 1 heterocycles. The Morgan fingerprint density at radius 2 is 2.27 bits per heavy atom. The lowest BCUT2D eigenvalue weighted by molar-refractivity contribution is 0.368. The first kappa shape index (κ1) is 9.28. The Hall–Kier alpha value is -2.28. The molecule has 1 aromatic carbocycles. The van der Waals surface area contributed by atoms with E-state index in [1.54, 1.807) is 24.4 Å². The van der Waals surface area contributed by atoms with Crippen molar-refractivity contribution in [2.75, 3.05) is 6.61 Å². The number of pyridine rings is 1. The minimum Gasteiger partial charge on any atom is -0.479 e. The summed E-state index contributed by atoms with van der Waals surface area (Å²) in [5, 5.41) is 9.77. The molecule has 2 aromatic rings. The molecule has 0 saturated carbocycles. The van der Waals surface area contributed by atoms with Crippen LogP contribution in [-0.4, -0.2) is 11.6 Å². The van der Waals surface area contributed by atoms with Crippen molar-refractivity contribution in [3.05, 3.63) is 40.8 Å². The zero-order valence-corrected chi connectivity index (χ0v) is 7.86. The number of fused-ring (bicyclic) bond motifs is 1. The van der Waals surface area contributed by atoms with Crippen LogP contribution >= 0.6 is 0 Å². The summed E-state index contributed by atoms with van der Waals surface area (Å²) in [7, 11) is 0. The molecule has 0 saturated heterocycles. The first-order valence-corrected chi connectivity index (χ1v) is 4.42. The Kier molecular flexibility index (Phi) is 2.38. The van der Waals surface area contributed by atoms with Gasteiger partial charge < -0.3 is 9.72 Å². The molecule has 0 aliphatic carbocycles. The summed E-state index contributed by atoms with van der Waals surface area (Å²) in [6.45, 7) is -0.0176. The van der Waals surface area contributed by atoms with Gasteiger partial charge in [-0.15, -0.1) is 0 Å². The minimum atomic E-state index is -0.157. The van der Waals surface area contributed by atoms with Crippen LogP contribution in [0.15, 0.2) is 35.3 Å². The summed E-state index contributed by atoms with van der Waals surface area (Å²) in [5.74, 6) is 0.528. The quantitative estimate of drug-likeness (QED) is 0.797. The zero-order chi connectivity index (χ0) is 10.7. The SMILES string of the molecule is N#CCOc1ccc2cc[nH]c(=O)c2c1. The predicted octanol–water partition coefficient (Wildman–Crippen LogP) is 1.43. The van der Waals surface area contributed by atoms with E-state index in [1.165, 1.54) is 0 Å². The molecule has 74 valence electrons. The van der Waals surface area contributed by atoms with E-state index in [1.807, 2.05) is 12.1 Å². The molecule has 1 aromatic heterocycles. The normalized spacial score (nSPS) is 9.80. The number of rotatable bonds is 2. The lowest BCUT2D eigenvalue weighted by Crippen LogP contribution is -2.04. The zero-order valence-electron chi connectivity index (χ0n) is 7.86. The molecule has 4 heteroatoms. The van der Waals surface area contributed by atoms with Gasteiger partial charge in [0.1, 0.15) is 11.8 Å². The molecule has 2 rings (SSSR count). The maximum atomic E-state index is 11.4. The van der Waals surface area contributed by atoms with Crippen LogP contribution in [0.2, 0.25) is 0 Å². The largest absolute Gasteiger partial charge is 0.479 e. The maximum Gasteiger partial charge on any atom is 0.255 e. The van der Waals surface area contributed by atoms with Crippen molar-refractivity contribution in [2.45, 2.75) is 0 Å². The number of aromatic nitrogens is 1. The third-order valence-corrected chi connectivity index (χ3v) is 2.05. The van der Waals surface area contributed by atoms with Crippen LogP contribution in [0.25, 0.3) is 10.8 Å². The Balaban J connectivity index is 2.51. The van der Waals surface area contributed by atoms with Crippen molar-refractivity contribution in [1.29, 1.82) is 5.26 Å². The van der Waals surface area contributed by atoms with E-state index >= 15 is 0 Å². The van der Waals surface area contributed by atoms with Crippen LogP contribution in [0.3, 0.4) is 0 Å². The second kappa shape index (κ2) is 3.84. The monoisotopic (exact) mass is 200 g/mol. The number of hydrogen-bond acceptors (Lipinski definition) is 3. The van der Waals surface area contributed by atoms with Crippen LogP contribution in [0.1, 0.15) is 0 Å². The van der Waals surface area contributed by atoms with Crippen molar-refractivity contribution in [3.8, 4) is 11.8 Å². The molecule has 1 N–H and O–H groups in total. The number of ether oxygens (including phenoxy) is 1. The summed E-state index contributed by atoms with van der Waals surface area (Å²) in [4.78, 5) is 14.0. The fourth-order valence-electron chi connectivity index (χ4n) is 1.37. The van der Waals surface area contributed by atoms with Gasteiger partial charge in [-0.2, -0.15) is 5.26 Å². The fraction of sp³-hybridized carbons (Fsp3) is 0.0909. The molecule has 0 unspecified atom stereocenters. The van der Waals surface area contributed by atoms with Gasteiger partial charge in [0, 0.05) is 6.20 Å². The molecule has 0 atom stereocenters. The average Bonchev–Trinajstić information content (AvgIpc) is 2.27. The fourth-order valence-corrected chi connectivity index (χ4v) is 1.37. The highest BCUT2D eigenvalue weighted by atomic mass is 16.5. The second-order valence-electron chi connectivity index (χ2n) is 3.00. The standard InChI is InChI=1S/C11H8N2O2/c12-4-6-15-9-2-1-8-3-5-13-11(14)10(8)7-9/h1-3,5,7H,6H2,(H,13,14). The highest BCUT2D eigenvalue weighted by Crippen LogP contribution is 2.17. The van der Waals surface area contributed by atoms with E-state index in [4.69, 9.17) is 10.00 Å². The van der Waals surface area contributed by atoms with E-state index in [9.17, 15) is 4.79 Å². The van der Waals surface area contributed by atoms with Crippen molar-refractivity contribution >= 4 is 10.8 Å². The van der Waals surface area contributed by atoms with Crippen molar-refractivity contribution in [3.63, 3.8) is 0 Å². The number of benzene rings is 1. The van der Waals surface area contributed by atoms with Crippen LogP contribution in [0.4, 0.5) is 0 Å². The van der Waals surface area contributed by atoms with Crippen LogP contribution in [-0.2, 0) is 0 Å². The van der Waals surface area contributed by atoms with Crippen molar-refractivity contribution in [1.82, 2.24) is 4.98 Å². The number of nitriles is 1. The first-order valence-electron chi connectivity index (χ1n) is 4.42. The predicted molar refractivity (Wildman–Crippen MR) is 55.7 cm³/mol. The van der Waals surface area contributed by atoms with Crippen molar-refractivity contribution < 1.29 is 4.74 Å². The van der Waals surface area contributed by atoms with Gasteiger partial charge in [-0.25, -0.2) is 0 Å². The highest BCUT2D eigenvalue weighted by molar-refractivity contribution is 5.82. The average molecular weight is 200 g/mol. The van der Waals surface area contributed by atoms with Gasteiger partial charge >= 0.3 is 0 Å². The summed E-state index contributed by atoms with van der Waals surface area (Å²) in [6, 6.07) is 8.84. The maximum absolute atomic E-state index is 11.4. The van der Waals surface area contributed by atoms with E-state index < -0.39 is 0 Å². The molecular weight excluding hydrogens is 192 g/mol. The van der Waals surface area contributed by atoms with E-state index in [0.29, 0.717) is 11.1 Å². The Bertz CT molecular complexity index is 581. The summed E-state index contributed by atoms with van der Waals surface area (Å²) < 4.78 is 5.10. The molecular formula is C11H8N2O2. The molecule has 0 aliphatic rings. The van der Waals surface area contributed by atoms with Crippen molar-refractivity contribution in [2.24, 2.45) is 0 Å². The third-order valence-electron chi connectivity index (χ3n) is 2.05. The number of nitrogens with one attached hydrogen (secondary N) is 1. The van der Waals surface area contributed by atoms with Gasteiger partial charge in [-0.05, 0) is 23.6 Å². The van der Waals surface area contributed by atoms with Gasteiger partial charge in [-0.1, -0.05) is 6.07 Å². The molecule has 0 amide bonds. The molecule has 0 radical (unpaired) electrons. The molecule has 0 fully saturated rings. The van der Waals surface area contributed by atoms with Gasteiger partial charge in [0.05, 0.1) is 5.39 Å². The summed E-state index contributed by atoms with van der Waals surface area (Å²) >= 11 is 0. The summed E-state index contributed by atoms with van der Waals surface area (Å²) in [5.41, 5.74) is -0.157. The highest BCUT2D eigenvalue weighted by Gasteiger charge is 2.00. The van der Waals surface area contributed by atoms with Crippen LogP contribution in [0.5, 0.6) is 5.75 Å². The number of aromatic amines is 1. The van der Waals surface area contributed by atoms with E-state index in [0.717, 1.165) is 5.39 Å². The smallest absolute Gasteiger partial charge is 0.255 e. The van der Waals surface area contributed by atoms with Crippen LogP contribution in [0, 0.1) is 11.3 Å². The number of H-pyrrole nitrogens is 1. The molecule has 15 heavy (non-hydrogen) atoms. The number of nitrogens with zero attached hydrogens (tertiary/aromatic N) is 1. The van der Waals surface area contributed by atoms with Gasteiger partial charge in [-0.3, -0.25) is 4.79 Å². The Morgan fingerprint density at radius 3 is 3.07 bits per heavy atom. The number of hydrogen-bond donors (Lipinski definition) is 1. The van der Waals surface area contributed by atoms with Gasteiger partial charge in [0.25, 0.3) is 5.56 Å². The third kappa shape index (κ3) is 1.81. The summed E-state index contributed by atoms with van der Waals surface area (Å²) in [6.07, 6.45) is 1.60. The van der Waals surface area contributed by atoms with Gasteiger partial charge in [0.2, 0.25) is 0 Å². The minimum absolute atomic E-state index is 0.0176. The van der Waals surface area contributed by atoms with E-state index in [2.05, 4.69) is 4.98 Å². The molecule has 0 spiro atoms. The van der Waals surface area contributed by atoms with Crippen LogP contribution < -0.4 is 10.3 Å². The topological polar surface area (TPSA) is 65.9 Å². The first-order chi connectivity index (χ1) is 7.31. The molecule has 0 bridgehead atoms. The Labute approximate surface area is 85.7 Å². The second-order valence-corrected chi connectivity index (χ2v) is 3.00. The van der Waals surface area contributed by atoms with E-state index in [-0.39, 0.29) is 12.2 Å². The molecule has 0 aliphatic heterocycles. The lowest BCUT2D eigenvalue weighted by Gasteiger charge is -2.02. The lowest BCUT2D eigenvalue weighted by atomic mass is 10.2. The molecule has 4 nitrogen and oxygen atoms in total.